The van der Waals surface area contributed by atoms with Gasteiger partial charge in [-0.05, 0) is 43.7 Å². The molecular weight excluding hydrogens is 387 g/mol. The van der Waals surface area contributed by atoms with Crippen LogP contribution >= 0.6 is 0 Å². The summed E-state index contributed by atoms with van der Waals surface area (Å²) in [6, 6.07) is 3.46. The van der Waals surface area contributed by atoms with E-state index in [1.807, 2.05) is 12.3 Å². The number of nitrogens with one attached hydrogen (secondary N) is 1. The Kier molecular flexibility index (Phi) is 2.91. The molecule has 152 valence electrons. The second-order valence-corrected chi connectivity index (χ2v) is 8.91. The zero-order chi connectivity index (χ0) is 20.1. The van der Waals surface area contributed by atoms with Gasteiger partial charge < -0.3 is 15.0 Å². The summed E-state index contributed by atoms with van der Waals surface area (Å²) in [5.74, 6) is 1.04. The maximum Gasteiger partial charge on any atom is 0.257 e. The Hall–Kier alpha value is -3.23. The van der Waals surface area contributed by atoms with E-state index in [1.54, 1.807) is 16.8 Å². The first kappa shape index (κ1) is 16.6. The molecule has 9 heteroatoms. The van der Waals surface area contributed by atoms with Gasteiger partial charge in [-0.1, -0.05) is 0 Å². The van der Waals surface area contributed by atoms with Gasteiger partial charge in [0, 0.05) is 18.3 Å². The third kappa shape index (κ3) is 2.09. The lowest BCUT2D eigenvalue weighted by atomic mass is 10.0. The molecule has 3 aromatic rings. The van der Waals surface area contributed by atoms with Crippen LogP contribution in [0.5, 0.6) is 5.88 Å². The van der Waals surface area contributed by atoms with Crippen molar-refractivity contribution in [2.75, 3.05) is 18.1 Å². The highest BCUT2D eigenvalue weighted by Crippen LogP contribution is 2.64. The van der Waals surface area contributed by atoms with Gasteiger partial charge in [0.2, 0.25) is 5.88 Å². The Balaban J connectivity index is 1.46. The molecule has 1 saturated heterocycles. The monoisotopic (exact) mass is 406 g/mol. The maximum atomic E-state index is 14.3. The number of amides is 1. The van der Waals surface area contributed by atoms with Crippen molar-refractivity contribution < 1.29 is 13.9 Å². The molecule has 7 rings (SSSR count). The van der Waals surface area contributed by atoms with E-state index < -0.39 is 5.54 Å². The molecule has 2 aliphatic heterocycles. The largest absolute Gasteiger partial charge is 0.475 e. The highest BCUT2D eigenvalue weighted by Gasteiger charge is 2.65. The zero-order valence-electron chi connectivity index (χ0n) is 16.1. The Morgan fingerprint density at radius 1 is 1.30 bits per heavy atom. The molecule has 2 atom stereocenters. The minimum atomic E-state index is -0.430. The molecule has 5 heterocycles. The van der Waals surface area contributed by atoms with E-state index in [0.717, 1.165) is 43.6 Å². The first-order valence-electron chi connectivity index (χ1n) is 10.3. The number of hydrogen-bond acceptors (Lipinski definition) is 6. The fourth-order valence-electron chi connectivity index (χ4n) is 5.26. The highest BCUT2D eigenvalue weighted by atomic mass is 19.1. The summed E-state index contributed by atoms with van der Waals surface area (Å²) >= 11 is 0. The standard InChI is InChI=1S/C21H19FN6O2/c22-13-7-15-19(23-9-13)30-11-20(3-4-20)26-18(29)14-10-24-28-6-2-16(25-17(14)28)27-5-1-12-8-21(12,15)27/h2,6-7,9-10,12H,1,3-5,8,11H2,(H,26,29)/t12-,21+/m0/s1. The van der Waals surface area contributed by atoms with Crippen LogP contribution < -0.4 is 15.0 Å². The number of fused-ring (bicyclic) bond motifs is 3. The van der Waals surface area contributed by atoms with Crippen LogP contribution in [0.1, 0.15) is 41.6 Å². The van der Waals surface area contributed by atoms with Crippen LogP contribution in [0.15, 0.2) is 30.7 Å². The van der Waals surface area contributed by atoms with Gasteiger partial charge in [0.05, 0.1) is 23.5 Å². The zero-order valence-corrected chi connectivity index (χ0v) is 16.1. The van der Waals surface area contributed by atoms with E-state index in [-0.39, 0.29) is 17.3 Å². The first-order valence-corrected chi connectivity index (χ1v) is 10.3. The maximum absolute atomic E-state index is 14.3. The van der Waals surface area contributed by atoms with Gasteiger partial charge in [-0.3, -0.25) is 4.79 Å². The molecule has 0 aromatic carbocycles. The molecule has 0 radical (unpaired) electrons. The fourth-order valence-corrected chi connectivity index (χ4v) is 5.26. The molecule has 3 fully saturated rings. The normalized spacial score (nSPS) is 28.0. The first-order chi connectivity index (χ1) is 14.6. The van der Waals surface area contributed by atoms with Crippen LogP contribution in [0.25, 0.3) is 5.65 Å². The highest BCUT2D eigenvalue weighted by molar-refractivity contribution is 6.00. The minimum absolute atomic E-state index is 0.206. The SMILES string of the molecule is O=C1NC2(CC2)COc2ncc(F)cc2[C@@]23C[C@@H]2CCN3c2ccn3ncc1c3n2. The lowest BCUT2D eigenvalue weighted by Crippen LogP contribution is -2.41. The summed E-state index contributed by atoms with van der Waals surface area (Å²) in [5.41, 5.74) is 0.961. The van der Waals surface area contributed by atoms with Crippen molar-refractivity contribution in [1.29, 1.82) is 0 Å². The van der Waals surface area contributed by atoms with Crippen molar-refractivity contribution >= 4 is 17.4 Å². The number of nitrogens with zero attached hydrogens (tertiary/aromatic N) is 5. The molecule has 2 bridgehead atoms. The van der Waals surface area contributed by atoms with Gasteiger partial charge in [0.1, 0.15) is 23.8 Å². The number of hydrogen-bond donors (Lipinski definition) is 1. The number of pyridine rings is 1. The van der Waals surface area contributed by atoms with Crippen molar-refractivity contribution in [3.63, 3.8) is 0 Å². The van der Waals surface area contributed by atoms with Crippen LogP contribution in [0.3, 0.4) is 0 Å². The van der Waals surface area contributed by atoms with E-state index in [0.29, 0.717) is 29.6 Å². The summed E-state index contributed by atoms with van der Waals surface area (Å²) in [5, 5.41) is 7.40. The van der Waals surface area contributed by atoms with Crippen molar-refractivity contribution in [2.24, 2.45) is 5.92 Å². The number of halogens is 1. The summed E-state index contributed by atoms with van der Waals surface area (Å²) in [4.78, 5) is 24.3. The van der Waals surface area contributed by atoms with E-state index in [1.165, 1.54) is 6.20 Å². The molecule has 4 aliphatic rings. The van der Waals surface area contributed by atoms with E-state index in [4.69, 9.17) is 9.72 Å². The van der Waals surface area contributed by atoms with Gasteiger partial charge in [-0.25, -0.2) is 18.9 Å². The third-order valence-electron chi connectivity index (χ3n) is 7.13. The molecule has 1 N–H and O–H groups in total. The third-order valence-corrected chi connectivity index (χ3v) is 7.13. The second-order valence-electron chi connectivity index (χ2n) is 8.91. The number of carbonyl (C=O) groups is 1. The van der Waals surface area contributed by atoms with Crippen molar-refractivity contribution in [3.05, 3.63) is 47.7 Å². The average molecular weight is 406 g/mol. The number of anilines is 1. The number of ether oxygens (including phenoxy) is 1. The number of aromatic nitrogens is 4. The molecule has 30 heavy (non-hydrogen) atoms. The summed E-state index contributed by atoms with van der Waals surface area (Å²) in [6.07, 6.45) is 8.15. The number of piperidine rings is 1. The van der Waals surface area contributed by atoms with Gasteiger partial charge in [-0.2, -0.15) is 5.10 Å². The Morgan fingerprint density at radius 2 is 2.20 bits per heavy atom. The summed E-state index contributed by atoms with van der Waals surface area (Å²) in [6.45, 7) is 1.12. The molecule has 2 spiro atoms. The van der Waals surface area contributed by atoms with E-state index in [2.05, 4.69) is 20.3 Å². The Morgan fingerprint density at radius 3 is 3.03 bits per heavy atom. The molecule has 0 unspecified atom stereocenters. The smallest absolute Gasteiger partial charge is 0.257 e. The molecule has 8 nitrogen and oxygen atoms in total. The average Bonchev–Trinajstić information content (AvgIpc) is 3.58. The molecule has 2 saturated carbocycles. The van der Waals surface area contributed by atoms with Crippen molar-refractivity contribution in [3.8, 4) is 5.88 Å². The van der Waals surface area contributed by atoms with Crippen LogP contribution in [0, 0.1) is 11.7 Å². The molecule has 1 amide bonds. The predicted octanol–water partition coefficient (Wildman–Crippen LogP) is 2.04. The molecular formula is C21H19FN6O2. The lowest BCUT2D eigenvalue weighted by Gasteiger charge is -2.31. The second kappa shape index (κ2) is 5.27. The van der Waals surface area contributed by atoms with Crippen molar-refractivity contribution in [1.82, 2.24) is 24.9 Å². The van der Waals surface area contributed by atoms with E-state index in [9.17, 15) is 9.18 Å². The fraction of sp³-hybridized carbons (Fsp3) is 0.429. The molecule has 2 aliphatic carbocycles. The van der Waals surface area contributed by atoms with Crippen LogP contribution in [-0.4, -0.2) is 44.2 Å². The number of carbonyl (C=O) groups excluding carboxylic acids is 1. The molecule has 3 aromatic heterocycles. The minimum Gasteiger partial charge on any atom is -0.475 e. The summed E-state index contributed by atoms with van der Waals surface area (Å²) < 4.78 is 22.0. The van der Waals surface area contributed by atoms with Gasteiger partial charge in [0.15, 0.2) is 5.65 Å². The van der Waals surface area contributed by atoms with Gasteiger partial charge in [-0.15, -0.1) is 0 Å². The van der Waals surface area contributed by atoms with E-state index >= 15 is 0 Å². The lowest BCUT2D eigenvalue weighted by molar-refractivity contribution is 0.0913. The van der Waals surface area contributed by atoms with Gasteiger partial charge in [0.25, 0.3) is 5.91 Å². The Bertz CT molecular complexity index is 1240. The topological polar surface area (TPSA) is 84.7 Å². The predicted molar refractivity (Wildman–Crippen MR) is 104 cm³/mol. The Labute approximate surface area is 171 Å². The van der Waals surface area contributed by atoms with Crippen LogP contribution in [0.4, 0.5) is 10.2 Å². The van der Waals surface area contributed by atoms with Crippen LogP contribution in [0.2, 0.25) is 0 Å². The van der Waals surface area contributed by atoms with Crippen molar-refractivity contribution in [2.45, 2.75) is 36.8 Å². The quantitative estimate of drug-likeness (QED) is 0.615. The van der Waals surface area contributed by atoms with Crippen LogP contribution in [-0.2, 0) is 5.54 Å². The number of rotatable bonds is 0. The van der Waals surface area contributed by atoms with Gasteiger partial charge >= 0.3 is 0 Å². The summed E-state index contributed by atoms with van der Waals surface area (Å²) in [7, 11) is 0.